The lowest BCUT2D eigenvalue weighted by molar-refractivity contribution is -0.182. The minimum atomic E-state index is -0.383. The summed E-state index contributed by atoms with van der Waals surface area (Å²) < 4.78 is 14.7. The summed E-state index contributed by atoms with van der Waals surface area (Å²) in [5, 5.41) is 7.60. The number of rotatable bonds is 6. The molecule has 0 aliphatic carbocycles. The smallest absolute Gasteiger partial charge is 0.0465 e. The van der Waals surface area contributed by atoms with Gasteiger partial charge in [-0.2, -0.15) is 0 Å². The zero-order valence-corrected chi connectivity index (χ0v) is 23.6. The standard InChI is InChI=1S/C32H49FN2/c1-29(2)19-25(20-30(3,4)34-29)11-9-23-13-15-28-18-24(14-16-27(28)17-23)10-12-26-21-31(5,6)35(33)32(7,8)22-26/h13-18,25-26,34H,9-12,19-22H2,1-8H3. The number of halogens is 1. The predicted molar refractivity (Wildman–Crippen MR) is 148 cm³/mol. The largest absolute Gasteiger partial charge is 0.307 e. The fourth-order valence-corrected chi connectivity index (χ4v) is 7.80. The van der Waals surface area contributed by atoms with Gasteiger partial charge in [-0.15, -0.1) is 9.60 Å². The molecule has 0 spiro atoms. The van der Waals surface area contributed by atoms with Crippen molar-refractivity contribution in [2.24, 2.45) is 11.8 Å². The maximum atomic E-state index is 14.7. The van der Waals surface area contributed by atoms with Crippen molar-refractivity contribution >= 4 is 10.8 Å². The molecule has 0 unspecified atom stereocenters. The molecule has 3 heteroatoms. The molecular formula is C32H49FN2. The Kier molecular flexibility index (Phi) is 7.19. The third kappa shape index (κ3) is 6.46. The lowest BCUT2D eigenvalue weighted by Gasteiger charge is -2.50. The zero-order valence-electron chi connectivity index (χ0n) is 23.6. The van der Waals surface area contributed by atoms with Crippen LogP contribution >= 0.6 is 0 Å². The van der Waals surface area contributed by atoms with Crippen molar-refractivity contribution in [1.82, 2.24) is 10.4 Å². The van der Waals surface area contributed by atoms with Crippen LogP contribution in [0.3, 0.4) is 0 Å². The van der Waals surface area contributed by atoms with Gasteiger partial charge in [-0.05, 0) is 140 Å². The molecule has 2 nitrogen and oxygen atoms in total. The predicted octanol–water partition coefficient (Wildman–Crippen LogP) is 8.42. The quantitative estimate of drug-likeness (QED) is 0.417. The van der Waals surface area contributed by atoms with E-state index in [1.54, 1.807) is 0 Å². The SMILES string of the molecule is CC1(C)CC(CCc2ccc3cc(CCC4CC(C)(C)N(F)C(C)(C)C4)ccc3c2)CC(C)(C)N1. The lowest BCUT2D eigenvalue weighted by Crippen LogP contribution is -2.57. The highest BCUT2D eigenvalue weighted by Crippen LogP contribution is 2.43. The molecule has 0 saturated carbocycles. The van der Waals surface area contributed by atoms with Crippen molar-refractivity contribution in [1.29, 1.82) is 0 Å². The average Bonchev–Trinajstić information content (AvgIpc) is 2.72. The van der Waals surface area contributed by atoms with Gasteiger partial charge < -0.3 is 5.32 Å². The second-order valence-electron chi connectivity index (χ2n) is 14.4. The molecule has 2 aliphatic heterocycles. The molecule has 4 rings (SSSR count). The Morgan fingerprint density at radius 1 is 0.686 bits per heavy atom. The van der Waals surface area contributed by atoms with Crippen LogP contribution in [0.5, 0.6) is 0 Å². The second-order valence-corrected chi connectivity index (χ2v) is 14.4. The molecule has 0 aromatic heterocycles. The second kappa shape index (κ2) is 9.45. The molecule has 0 atom stereocenters. The summed E-state index contributed by atoms with van der Waals surface area (Å²) in [6, 6.07) is 14.0. The van der Waals surface area contributed by atoms with Gasteiger partial charge in [0, 0.05) is 22.2 Å². The van der Waals surface area contributed by atoms with E-state index < -0.39 is 0 Å². The van der Waals surface area contributed by atoms with E-state index in [9.17, 15) is 4.48 Å². The summed E-state index contributed by atoms with van der Waals surface area (Å²) in [6.07, 6.45) is 8.99. The van der Waals surface area contributed by atoms with Crippen LogP contribution in [0.2, 0.25) is 0 Å². The third-order valence-corrected chi connectivity index (χ3v) is 8.57. The van der Waals surface area contributed by atoms with Crippen molar-refractivity contribution in [2.45, 2.75) is 129 Å². The van der Waals surface area contributed by atoms with Crippen molar-refractivity contribution in [2.75, 3.05) is 0 Å². The number of piperidine rings is 2. The third-order valence-electron chi connectivity index (χ3n) is 8.57. The number of benzene rings is 2. The molecule has 2 aliphatic rings. The van der Waals surface area contributed by atoms with E-state index >= 15 is 0 Å². The monoisotopic (exact) mass is 480 g/mol. The van der Waals surface area contributed by atoms with Crippen LogP contribution < -0.4 is 5.32 Å². The minimum Gasteiger partial charge on any atom is -0.307 e. The van der Waals surface area contributed by atoms with Crippen LogP contribution in [0.4, 0.5) is 4.48 Å². The Balaban J connectivity index is 1.36. The molecule has 2 fully saturated rings. The van der Waals surface area contributed by atoms with Gasteiger partial charge in [0.2, 0.25) is 0 Å². The van der Waals surface area contributed by atoms with Gasteiger partial charge in [0.05, 0.1) is 0 Å². The molecule has 1 N–H and O–H groups in total. The highest BCUT2D eigenvalue weighted by molar-refractivity contribution is 5.83. The van der Waals surface area contributed by atoms with Crippen LogP contribution in [0.25, 0.3) is 10.8 Å². The van der Waals surface area contributed by atoms with Gasteiger partial charge >= 0.3 is 0 Å². The van der Waals surface area contributed by atoms with Gasteiger partial charge in [0.15, 0.2) is 0 Å². The van der Waals surface area contributed by atoms with E-state index in [0.29, 0.717) is 5.92 Å². The fraction of sp³-hybridized carbons (Fsp3) is 0.688. The Labute approximate surface area is 214 Å². The zero-order chi connectivity index (χ0) is 25.6. The van der Waals surface area contributed by atoms with E-state index in [1.807, 2.05) is 27.7 Å². The number of hydrogen-bond donors (Lipinski definition) is 1. The summed E-state index contributed by atoms with van der Waals surface area (Å²) in [6.45, 7) is 17.6. The highest BCUT2D eigenvalue weighted by atomic mass is 19.2. The summed E-state index contributed by atoms with van der Waals surface area (Å²) in [4.78, 5) is 0. The molecule has 2 aromatic carbocycles. The molecule has 2 saturated heterocycles. The van der Waals surface area contributed by atoms with Crippen LogP contribution in [0, 0.1) is 11.8 Å². The van der Waals surface area contributed by atoms with Crippen LogP contribution in [-0.4, -0.2) is 27.3 Å². The molecule has 194 valence electrons. The molecule has 0 bridgehead atoms. The number of nitrogens with zero attached hydrogens (tertiary/aromatic N) is 1. The first kappa shape index (κ1) is 26.6. The normalized spacial score (nSPS) is 24.6. The Morgan fingerprint density at radius 3 is 1.51 bits per heavy atom. The Morgan fingerprint density at radius 2 is 1.09 bits per heavy atom. The number of fused-ring (bicyclic) bond motifs is 1. The molecule has 0 radical (unpaired) electrons. The average molecular weight is 481 g/mol. The van der Waals surface area contributed by atoms with Crippen LogP contribution in [-0.2, 0) is 12.8 Å². The topological polar surface area (TPSA) is 15.3 Å². The van der Waals surface area contributed by atoms with E-state index in [4.69, 9.17) is 0 Å². The number of aryl methyl sites for hydroxylation is 2. The maximum absolute atomic E-state index is 14.7. The first-order valence-electron chi connectivity index (χ1n) is 13.9. The Bertz CT molecular complexity index is 1000. The molecular weight excluding hydrogens is 431 g/mol. The summed E-state index contributed by atoms with van der Waals surface area (Å²) in [7, 11) is 0. The van der Waals surface area contributed by atoms with Gasteiger partial charge in [-0.1, -0.05) is 36.4 Å². The van der Waals surface area contributed by atoms with Crippen molar-refractivity contribution in [3.63, 3.8) is 0 Å². The van der Waals surface area contributed by atoms with E-state index in [1.165, 1.54) is 41.2 Å². The van der Waals surface area contributed by atoms with Crippen molar-refractivity contribution in [3.8, 4) is 0 Å². The summed E-state index contributed by atoms with van der Waals surface area (Å²) in [5.41, 5.74) is 2.54. The fourth-order valence-electron chi connectivity index (χ4n) is 7.80. The summed E-state index contributed by atoms with van der Waals surface area (Å²) >= 11 is 0. The van der Waals surface area contributed by atoms with Crippen molar-refractivity contribution in [3.05, 3.63) is 47.5 Å². The van der Waals surface area contributed by atoms with E-state index in [0.717, 1.165) is 43.1 Å². The molecule has 0 amide bonds. The summed E-state index contributed by atoms with van der Waals surface area (Å²) in [5.74, 6) is 1.34. The van der Waals surface area contributed by atoms with Gasteiger partial charge in [0.25, 0.3) is 0 Å². The number of nitrogens with one attached hydrogen (secondary N) is 1. The van der Waals surface area contributed by atoms with Gasteiger partial charge in [0.1, 0.15) is 0 Å². The van der Waals surface area contributed by atoms with Crippen LogP contribution in [0.15, 0.2) is 36.4 Å². The number of hydrogen-bond acceptors (Lipinski definition) is 2. The lowest BCUT2D eigenvalue weighted by atomic mass is 9.73. The molecule has 2 aromatic rings. The molecule has 35 heavy (non-hydrogen) atoms. The highest BCUT2D eigenvalue weighted by Gasteiger charge is 2.46. The maximum Gasteiger partial charge on any atom is 0.0465 e. The Hall–Kier alpha value is -1.45. The first-order chi connectivity index (χ1) is 16.1. The van der Waals surface area contributed by atoms with E-state index in [2.05, 4.69) is 69.4 Å². The van der Waals surface area contributed by atoms with Crippen molar-refractivity contribution < 1.29 is 4.48 Å². The molecule has 2 heterocycles. The van der Waals surface area contributed by atoms with E-state index in [-0.39, 0.29) is 22.2 Å². The minimum absolute atomic E-state index is 0.223. The van der Waals surface area contributed by atoms with Gasteiger partial charge in [-0.3, -0.25) is 0 Å². The van der Waals surface area contributed by atoms with Gasteiger partial charge in [-0.25, -0.2) is 0 Å². The van der Waals surface area contributed by atoms with Crippen LogP contribution in [0.1, 0.15) is 105 Å². The first-order valence-corrected chi connectivity index (χ1v) is 13.9.